The van der Waals surface area contributed by atoms with Gasteiger partial charge in [0.05, 0.1) is 49.2 Å². The third kappa shape index (κ3) is 11.1. The Morgan fingerprint density at radius 3 is 2.19 bits per heavy atom. The molecule has 266 valence electrons. The van der Waals surface area contributed by atoms with E-state index >= 15 is 0 Å². The molecule has 7 unspecified atom stereocenters. The van der Waals surface area contributed by atoms with Gasteiger partial charge in [0.25, 0.3) is 0 Å². The first-order valence-corrected chi connectivity index (χ1v) is 17.4. The number of methoxy groups -OCH3 is 2. The smallest absolute Gasteiger partial charge is 0.242 e. The van der Waals surface area contributed by atoms with Crippen LogP contribution >= 0.6 is 11.9 Å². The number of carbonyl (C=O) groups is 4. The van der Waals surface area contributed by atoms with E-state index in [1.165, 1.54) is 11.9 Å². The molecule has 0 radical (unpaired) electrons. The Morgan fingerprint density at radius 2 is 1.66 bits per heavy atom. The molecule has 47 heavy (non-hydrogen) atoms. The maximum absolute atomic E-state index is 13.9. The van der Waals surface area contributed by atoms with Crippen LogP contribution in [0.5, 0.6) is 0 Å². The Morgan fingerprint density at radius 1 is 1.02 bits per heavy atom. The van der Waals surface area contributed by atoms with Crippen LogP contribution in [0.25, 0.3) is 0 Å². The molecule has 1 heterocycles. The van der Waals surface area contributed by atoms with E-state index in [1.807, 2.05) is 65.7 Å². The zero-order valence-corrected chi connectivity index (χ0v) is 30.8. The number of carbonyl (C=O) groups excluding carboxylic acids is 4. The first kappa shape index (κ1) is 40.3. The number of likely N-dealkylation sites (N-methyl/N-ethyl adjacent to an activating group) is 2. The average Bonchev–Trinajstić information content (AvgIpc) is 3.52. The SMILES string of the molecule is CCC(C)C(C(CC(=O)N1CCCC1C(OC)C(C)C(=O)NSc1ccc(N)cc1)OC)N(C)C(=O)CNC(=O)C(C(C)C)N(C)C. The third-order valence-electron chi connectivity index (χ3n) is 9.32. The fraction of sp³-hybridized carbons (Fsp3) is 0.706. The summed E-state index contributed by atoms with van der Waals surface area (Å²) < 4.78 is 14.7. The van der Waals surface area contributed by atoms with Crippen molar-refractivity contribution in [2.45, 2.75) is 95.5 Å². The molecule has 1 saturated heterocycles. The number of nitrogens with zero attached hydrogens (tertiary/aromatic N) is 3. The van der Waals surface area contributed by atoms with Gasteiger partial charge in [-0.2, -0.15) is 0 Å². The van der Waals surface area contributed by atoms with E-state index in [2.05, 4.69) is 10.0 Å². The van der Waals surface area contributed by atoms with Gasteiger partial charge in [-0.1, -0.05) is 41.0 Å². The fourth-order valence-corrected chi connectivity index (χ4v) is 7.27. The molecule has 13 heteroatoms. The molecule has 1 aromatic carbocycles. The highest BCUT2D eigenvalue weighted by Gasteiger charge is 2.42. The second kappa shape index (κ2) is 19.2. The quantitative estimate of drug-likeness (QED) is 0.158. The lowest BCUT2D eigenvalue weighted by atomic mass is 9.90. The number of hydrogen-bond acceptors (Lipinski definition) is 9. The highest BCUT2D eigenvalue weighted by Crippen LogP contribution is 2.30. The zero-order valence-electron chi connectivity index (χ0n) is 29.9. The summed E-state index contributed by atoms with van der Waals surface area (Å²) in [6.07, 6.45) is 1.24. The van der Waals surface area contributed by atoms with Gasteiger partial charge in [0, 0.05) is 38.4 Å². The molecular weight excluding hydrogens is 620 g/mol. The summed E-state index contributed by atoms with van der Waals surface area (Å²) in [4.78, 5) is 59.4. The second-order valence-electron chi connectivity index (χ2n) is 13.2. The van der Waals surface area contributed by atoms with Crippen LogP contribution in [0.1, 0.15) is 60.3 Å². The minimum Gasteiger partial charge on any atom is -0.399 e. The molecule has 4 amide bonds. The van der Waals surface area contributed by atoms with Crippen molar-refractivity contribution in [2.24, 2.45) is 17.8 Å². The van der Waals surface area contributed by atoms with Crippen LogP contribution in [0.2, 0.25) is 0 Å². The van der Waals surface area contributed by atoms with E-state index in [-0.39, 0.29) is 60.5 Å². The van der Waals surface area contributed by atoms with Gasteiger partial charge in [-0.3, -0.25) is 28.8 Å². The zero-order chi connectivity index (χ0) is 35.4. The number of benzene rings is 1. The molecule has 12 nitrogen and oxygen atoms in total. The van der Waals surface area contributed by atoms with E-state index < -0.39 is 24.2 Å². The Labute approximate surface area is 285 Å². The van der Waals surface area contributed by atoms with Gasteiger partial charge in [0.1, 0.15) is 0 Å². The van der Waals surface area contributed by atoms with Crippen molar-refractivity contribution in [3.05, 3.63) is 24.3 Å². The average molecular weight is 679 g/mol. The summed E-state index contributed by atoms with van der Waals surface area (Å²) in [7, 11) is 8.52. The Balaban J connectivity index is 2.13. The van der Waals surface area contributed by atoms with Gasteiger partial charge < -0.3 is 30.3 Å². The monoisotopic (exact) mass is 678 g/mol. The van der Waals surface area contributed by atoms with Crippen molar-refractivity contribution >= 4 is 41.3 Å². The summed E-state index contributed by atoms with van der Waals surface area (Å²) in [6, 6.07) is 6.18. The number of ether oxygens (including phenoxy) is 2. The summed E-state index contributed by atoms with van der Waals surface area (Å²) >= 11 is 1.21. The molecule has 0 spiro atoms. The van der Waals surface area contributed by atoms with Crippen molar-refractivity contribution in [1.82, 2.24) is 24.7 Å². The minimum atomic E-state index is -0.577. The van der Waals surface area contributed by atoms with Crippen molar-refractivity contribution < 1.29 is 28.7 Å². The van der Waals surface area contributed by atoms with Crippen LogP contribution in [0.4, 0.5) is 5.69 Å². The van der Waals surface area contributed by atoms with Crippen LogP contribution in [0.15, 0.2) is 29.2 Å². The van der Waals surface area contributed by atoms with E-state index in [1.54, 1.807) is 43.2 Å². The maximum atomic E-state index is 13.9. The molecule has 1 aromatic rings. The van der Waals surface area contributed by atoms with Gasteiger partial charge in [-0.25, -0.2) is 0 Å². The number of hydrogen-bond donors (Lipinski definition) is 3. The van der Waals surface area contributed by atoms with Gasteiger partial charge in [-0.05, 0) is 75.0 Å². The summed E-state index contributed by atoms with van der Waals surface area (Å²) in [5.74, 6) is -1.19. The van der Waals surface area contributed by atoms with Crippen LogP contribution in [0.3, 0.4) is 0 Å². The summed E-state index contributed by atoms with van der Waals surface area (Å²) in [5.41, 5.74) is 6.41. The van der Waals surface area contributed by atoms with Gasteiger partial charge in [0.15, 0.2) is 0 Å². The highest BCUT2D eigenvalue weighted by atomic mass is 32.2. The Hall–Kier alpha value is -2.87. The topological polar surface area (TPSA) is 147 Å². The molecule has 0 bridgehead atoms. The van der Waals surface area contributed by atoms with Gasteiger partial charge in [0.2, 0.25) is 23.6 Å². The van der Waals surface area contributed by atoms with Crippen LogP contribution in [0, 0.1) is 17.8 Å². The lowest BCUT2D eigenvalue weighted by molar-refractivity contribution is -0.145. The van der Waals surface area contributed by atoms with Crippen LogP contribution in [-0.2, 0) is 28.7 Å². The number of anilines is 1. The lowest BCUT2D eigenvalue weighted by Crippen LogP contribution is -2.55. The van der Waals surface area contributed by atoms with Gasteiger partial charge >= 0.3 is 0 Å². The fourth-order valence-electron chi connectivity index (χ4n) is 6.59. The molecule has 2 rings (SSSR count). The van der Waals surface area contributed by atoms with E-state index in [9.17, 15) is 19.2 Å². The van der Waals surface area contributed by atoms with Gasteiger partial charge in [-0.15, -0.1) is 0 Å². The highest BCUT2D eigenvalue weighted by molar-refractivity contribution is 7.98. The maximum Gasteiger partial charge on any atom is 0.242 e. The number of likely N-dealkylation sites (tertiary alicyclic amines) is 1. The molecule has 7 atom stereocenters. The molecule has 1 aliphatic rings. The molecule has 1 fully saturated rings. The van der Waals surface area contributed by atoms with E-state index in [0.29, 0.717) is 18.7 Å². The number of nitrogen functional groups attached to an aromatic ring is 1. The number of rotatable bonds is 18. The Kier molecular flexibility index (Phi) is 16.5. The lowest BCUT2D eigenvalue weighted by Gasteiger charge is -2.39. The summed E-state index contributed by atoms with van der Waals surface area (Å²) in [6.45, 7) is 10.2. The Bertz CT molecular complexity index is 1160. The van der Waals surface area contributed by atoms with Crippen molar-refractivity contribution in [2.75, 3.05) is 54.2 Å². The molecule has 0 aliphatic carbocycles. The van der Waals surface area contributed by atoms with Crippen molar-refractivity contribution in [3.63, 3.8) is 0 Å². The van der Waals surface area contributed by atoms with E-state index in [4.69, 9.17) is 15.2 Å². The molecule has 0 aromatic heterocycles. The predicted molar refractivity (Wildman–Crippen MR) is 186 cm³/mol. The van der Waals surface area contributed by atoms with Crippen molar-refractivity contribution in [1.29, 1.82) is 0 Å². The predicted octanol–water partition coefficient (Wildman–Crippen LogP) is 3.01. The largest absolute Gasteiger partial charge is 0.399 e. The number of nitrogens with one attached hydrogen (secondary N) is 2. The number of amides is 4. The molecule has 1 aliphatic heterocycles. The number of nitrogens with two attached hydrogens (primary N) is 1. The van der Waals surface area contributed by atoms with Crippen LogP contribution < -0.4 is 15.8 Å². The normalized spacial score (nSPS) is 18.7. The standard InChI is InChI=1S/C34H58N6O6S/c1-11-22(4)31(39(8)29(42)20-36-34(44)30(21(2)3)38(6)7)27(45-9)19-28(41)40-18-12-13-26(40)32(46-10)23(5)33(43)37-47-25-16-14-24(35)15-17-25/h14-17,21-23,26-27,30-32H,11-13,18-20,35H2,1-10H3,(H,36,44)(H,37,43). The first-order valence-electron chi connectivity index (χ1n) is 16.5. The van der Waals surface area contributed by atoms with Crippen LogP contribution in [-0.4, -0.2) is 117 Å². The molecule has 4 N–H and O–H groups in total. The third-order valence-corrected chi connectivity index (χ3v) is 10.1. The molecular formula is C34H58N6O6S. The van der Waals surface area contributed by atoms with E-state index in [0.717, 1.165) is 17.7 Å². The molecule has 0 saturated carbocycles. The first-order chi connectivity index (χ1) is 22.2. The second-order valence-corrected chi connectivity index (χ2v) is 14.0. The minimum absolute atomic E-state index is 0.0194. The van der Waals surface area contributed by atoms with Crippen molar-refractivity contribution in [3.8, 4) is 0 Å². The summed E-state index contributed by atoms with van der Waals surface area (Å²) in [5, 5.41) is 2.80.